The molecule has 1 aromatic rings. The van der Waals surface area contributed by atoms with Crippen LogP contribution in [0.4, 0.5) is 0 Å². The standard InChI is InChI=1S/C13H18O3S/c1-9-4-3-5-10(2)12(9)13(14)11-6-7-17(15,16)8-11/h3-5,11,13-14H,6-8H2,1-2H3. The Morgan fingerprint density at radius 3 is 2.35 bits per heavy atom. The third-order valence-electron chi connectivity index (χ3n) is 3.55. The minimum Gasteiger partial charge on any atom is -0.388 e. The van der Waals surface area contributed by atoms with Crippen LogP contribution in [0.15, 0.2) is 18.2 Å². The molecular formula is C13H18O3S. The lowest BCUT2D eigenvalue weighted by Crippen LogP contribution is -2.16. The summed E-state index contributed by atoms with van der Waals surface area (Å²) in [5.41, 5.74) is 2.96. The highest BCUT2D eigenvalue weighted by Gasteiger charge is 2.34. The summed E-state index contributed by atoms with van der Waals surface area (Å²) in [5, 5.41) is 10.3. The Morgan fingerprint density at radius 1 is 1.29 bits per heavy atom. The highest BCUT2D eigenvalue weighted by atomic mass is 32.2. The van der Waals surface area contributed by atoms with Gasteiger partial charge in [-0.15, -0.1) is 0 Å². The maximum absolute atomic E-state index is 11.4. The summed E-state index contributed by atoms with van der Waals surface area (Å²) >= 11 is 0. The van der Waals surface area contributed by atoms with Crippen LogP contribution in [-0.4, -0.2) is 25.0 Å². The maximum Gasteiger partial charge on any atom is 0.150 e. The molecule has 0 aromatic heterocycles. The summed E-state index contributed by atoms with van der Waals surface area (Å²) in [6.07, 6.45) is -0.0921. The molecule has 4 heteroatoms. The molecule has 1 saturated heterocycles. The Morgan fingerprint density at radius 2 is 1.88 bits per heavy atom. The van der Waals surface area contributed by atoms with E-state index < -0.39 is 15.9 Å². The molecule has 1 aliphatic rings. The number of aliphatic hydroxyl groups excluding tert-OH is 1. The van der Waals surface area contributed by atoms with E-state index >= 15 is 0 Å². The van der Waals surface area contributed by atoms with Gasteiger partial charge in [0.05, 0.1) is 17.6 Å². The van der Waals surface area contributed by atoms with Crippen LogP contribution >= 0.6 is 0 Å². The second kappa shape index (κ2) is 4.42. The van der Waals surface area contributed by atoms with Gasteiger partial charge in [-0.2, -0.15) is 0 Å². The van der Waals surface area contributed by atoms with Crippen molar-refractivity contribution in [1.29, 1.82) is 0 Å². The molecule has 17 heavy (non-hydrogen) atoms. The van der Waals surface area contributed by atoms with Crippen LogP contribution in [0, 0.1) is 19.8 Å². The molecule has 0 bridgehead atoms. The van der Waals surface area contributed by atoms with Crippen molar-refractivity contribution in [3.63, 3.8) is 0 Å². The van der Waals surface area contributed by atoms with E-state index in [-0.39, 0.29) is 17.4 Å². The van der Waals surface area contributed by atoms with Crippen LogP contribution in [0.1, 0.15) is 29.2 Å². The van der Waals surface area contributed by atoms with Gasteiger partial charge in [-0.1, -0.05) is 18.2 Å². The van der Waals surface area contributed by atoms with Crippen LogP contribution in [-0.2, 0) is 9.84 Å². The third kappa shape index (κ3) is 2.53. The van der Waals surface area contributed by atoms with Gasteiger partial charge in [0.1, 0.15) is 0 Å². The topological polar surface area (TPSA) is 54.4 Å². The summed E-state index contributed by atoms with van der Waals surface area (Å²) in [7, 11) is -2.93. The highest BCUT2D eigenvalue weighted by Crippen LogP contribution is 2.34. The first kappa shape index (κ1) is 12.6. The Labute approximate surface area is 102 Å². The summed E-state index contributed by atoms with van der Waals surface area (Å²) < 4.78 is 22.9. The Bertz CT molecular complexity index is 499. The minimum absolute atomic E-state index is 0.113. The van der Waals surface area contributed by atoms with E-state index in [1.807, 2.05) is 32.0 Å². The van der Waals surface area contributed by atoms with E-state index in [0.29, 0.717) is 6.42 Å². The van der Waals surface area contributed by atoms with E-state index in [9.17, 15) is 13.5 Å². The molecule has 1 aromatic carbocycles. The van der Waals surface area contributed by atoms with Crippen LogP contribution in [0.3, 0.4) is 0 Å². The quantitative estimate of drug-likeness (QED) is 0.875. The molecule has 1 aliphatic heterocycles. The number of hydrogen-bond acceptors (Lipinski definition) is 3. The first-order chi connectivity index (χ1) is 7.91. The summed E-state index contributed by atoms with van der Waals surface area (Å²) in [6.45, 7) is 3.91. The lowest BCUT2D eigenvalue weighted by atomic mass is 9.89. The summed E-state index contributed by atoms with van der Waals surface area (Å²) in [6, 6.07) is 5.86. The van der Waals surface area contributed by atoms with Crippen molar-refractivity contribution in [3.8, 4) is 0 Å². The van der Waals surface area contributed by atoms with Crippen molar-refractivity contribution in [2.75, 3.05) is 11.5 Å². The molecule has 0 radical (unpaired) electrons. The van der Waals surface area contributed by atoms with E-state index in [4.69, 9.17) is 0 Å². The average Bonchev–Trinajstić information content (AvgIpc) is 2.58. The first-order valence-electron chi connectivity index (χ1n) is 5.85. The van der Waals surface area contributed by atoms with Crippen molar-refractivity contribution in [1.82, 2.24) is 0 Å². The smallest absolute Gasteiger partial charge is 0.150 e. The second-order valence-corrected chi connectivity index (χ2v) is 7.14. The predicted octanol–water partition coefficient (Wildman–Crippen LogP) is 1.77. The number of aliphatic hydroxyl groups is 1. The van der Waals surface area contributed by atoms with Crippen LogP contribution in [0.25, 0.3) is 0 Å². The van der Waals surface area contributed by atoms with Gasteiger partial charge < -0.3 is 5.11 Å². The van der Waals surface area contributed by atoms with Crippen LogP contribution in [0.5, 0.6) is 0 Å². The van der Waals surface area contributed by atoms with Gasteiger partial charge in [-0.25, -0.2) is 8.42 Å². The summed E-state index contributed by atoms with van der Waals surface area (Å²) in [4.78, 5) is 0. The Hall–Kier alpha value is -0.870. The van der Waals surface area contributed by atoms with E-state index in [0.717, 1.165) is 16.7 Å². The molecule has 0 spiro atoms. The zero-order valence-electron chi connectivity index (χ0n) is 10.2. The van der Waals surface area contributed by atoms with Crippen LogP contribution < -0.4 is 0 Å². The van der Waals surface area contributed by atoms with Gasteiger partial charge >= 0.3 is 0 Å². The molecule has 2 unspecified atom stereocenters. The molecule has 2 atom stereocenters. The molecule has 0 amide bonds. The number of rotatable bonds is 2. The van der Waals surface area contributed by atoms with Gasteiger partial charge in [-0.05, 0) is 37.0 Å². The SMILES string of the molecule is Cc1cccc(C)c1C(O)C1CCS(=O)(=O)C1. The van der Waals surface area contributed by atoms with Gasteiger partial charge in [0.15, 0.2) is 9.84 Å². The van der Waals surface area contributed by atoms with Crippen molar-refractivity contribution in [2.24, 2.45) is 5.92 Å². The molecular weight excluding hydrogens is 236 g/mol. The van der Waals surface area contributed by atoms with E-state index in [2.05, 4.69) is 0 Å². The fourth-order valence-electron chi connectivity index (χ4n) is 2.60. The number of aryl methyl sites for hydroxylation is 2. The van der Waals surface area contributed by atoms with Gasteiger partial charge in [0.2, 0.25) is 0 Å². The monoisotopic (exact) mass is 254 g/mol. The fraction of sp³-hybridized carbons (Fsp3) is 0.538. The Kier molecular flexibility index (Phi) is 3.27. The predicted molar refractivity (Wildman–Crippen MR) is 67.6 cm³/mol. The van der Waals surface area contributed by atoms with Crippen molar-refractivity contribution in [3.05, 3.63) is 34.9 Å². The largest absolute Gasteiger partial charge is 0.388 e. The molecule has 1 fully saturated rings. The van der Waals surface area contributed by atoms with Crippen LogP contribution in [0.2, 0.25) is 0 Å². The molecule has 1 N–H and O–H groups in total. The zero-order chi connectivity index (χ0) is 12.6. The lowest BCUT2D eigenvalue weighted by molar-refractivity contribution is 0.120. The summed E-state index contributed by atoms with van der Waals surface area (Å²) in [5.74, 6) is 0.168. The normalized spacial score (nSPS) is 24.8. The molecule has 3 nitrogen and oxygen atoms in total. The molecule has 0 saturated carbocycles. The molecule has 94 valence electrons. The van der Waals surface area contributed by atoms with E-state index in [1.54, 1.807) is 0 Å². The highest BCUT2D eigenvalue weighted by molar-refractivity contribution is 7.91. The van der Waals surface area contributed by atoms with Crippen molar-refractivity contribution >= 4 is 9.84 Å². The molecule has 2 rings (SSSR count). The van der Waals surface area contributed by atoms with Crippen molar-refractivity contribution < 1.29 is 13.5 Å². The second-order valence-electron chi connectivity index (χ2n) is 4.91. The van der Waals surface area contributed by atoms with Gasteiger partial charge in [-0.3, -0.25) is 0 Å². The van der Waals surface area contributed by atoms with Gasteiger partial charge in [0, 0.05) is 5.92 Å². The lowest BCUT2D eigenvalue weighted by Gasteiger charge is -2.21. The number of benzene rings is 1. The molecule has 0 aliphatic carbocycles. The Balaban J connectivity index is 2.29. The van der Waals surface area contributed by atoms with Gasteiger partial charge in [0.25, 0.3) is 0 Å². The fourth-order valence-corrected chi connectivity index (χ4v) is 4.43. The van der Waals surface area contributed by atoms with E-state index in [1.165, 1.54) is 0 Å². The minimum atomic E-state index is -2.93. The first-order valence-corrected chi connectivity index (χ1v) is 7.67. The molecule has 1 heterocycles. The third-order valence-corrected chi connectivity index (χ3v) is 5.35. The zero-order valence-corrected chi connectivity index (χ0v) is 11.0. The number of sulfone groups is 1. The number of hydrogen-bond donors (Lipinski definition) is 1. The van der Waals surface area contributed by atoms with Crippen molar-refractivity contribution in [2.45, 2.75) is 26.4 Å². The average molecular weight is 254 g/mol. The maximum atomic E-state index is 11.4.